The highest BCUT2D eigenvalue weighted by Gasteiger charge is 2.27. The third-order valence-electron chi connectivity index (χ3n) is 3.25. The Bertz CT molecular complexity index is 667. The number of hydrogen-bond acceptors (Lipinski definition) is 5. The van der Waals surface area contributed by atoms with Crippen LogP contribution in [0, 0.1) is 10.1 Å². The van der Waals surface area contributed by atoms with Gasteiger partial charge in [-0.3, -0.25) is 14.9 Å². The number of carbonyl (C=O) groups excluding carboxylic acids is 1. The number of carbonyl (C=O) groups is 1. The van der Waals surface area contributed by atoms with Gasteiger partial charge in [-0.2, -0.15) is 0 Å². The summed E-state index contributed by atoms with van der Waals surface area (Å²) < 4.78 is 25.0. The van der Waals surface area contributed by atoms with E-state index >= 15 is 0 Å². The number of nitro groups is 1. The molecule has 0 N–H and O–H groups in total. The number of Topliss-reactive ketones (excluding diaryl/α,β-unsaturated/α-hetero) is 1. The Labute approximate surface area is 123 Å². The third kappa shape index (κ3) is 3.45. The lowest BCUT2D eigenvalue weighted by Crippen LogP contribution is -2.22. The molecular weight excluding hydrogens is 296 g/mol. The fourth-order valence-electron chi connectivity index (χ4n) is 2.07. The largest absolute Gasteiger partial charge is 0.299 e. The highest BCUT2D eigenvalue weighted by Crippen LogP contribution is 2.32. The second kappa shape index (κ2) is 6.31. The molecule has 1 unspecified atom stereocenters. The van der Waals surface area contributed by atoms with E-state index in [1.54, 1.807) is 6.92 Å². The van der Waals surface area contributed by atoms with Crippen LogP contribution in [0.25, 0.3) is 0 Å². The molecule has 7 nitrogen and oxygen atoms in total. The molecule has 0 bridgehead atoms. The van der Waals surface area contributed by atoms with Gasteiger partial charge in [0, 0.05) is 31.6 Å². The first-order valence-corrected chi connectivity index (χ1v) is 7.78. The number of rotatable bonds is 6. The van der Waals surface area contributed by atoms with Gasteiger partial charge in [0.2, 0.25) is 10.0 Å². The molecule has 0 aliphatic carbocycles. The zero-order chi connectivity index (χ0) is 16.4. The van der Waals surface area contributed by atoms with Gasteiger partial charge >= 0.3 is 0 Å². The molecule has 21 heavy (non-hydrogen) atoms. The van der Waals surface area contributed by atoms with E-state index in [1.165, 1.54) is 33.2 Å². The van der Waals surface area contributed by atoms with Gasteiger partial charge in [-0.05, 0) is 19.4 Å². The molecule has 0 fully saturated rings. The lowest BCUT2D eigenvalue weighted by molar-refractivity contribution is -0.385. The maximum Gasteiger partial charge on any atom is 0.274 e. The molecule has 0 aliphatic rings. The minimum Gasteiger partial charge on any atom is -0.299 e. The Kier molecular flexibility index (Phi) is 5.19. The molecule has 1 aromatic carbocycles. The van der Waals surface area contributed by atoms with Crippen LogP contribution in [-0.4, -0.2) is 37.5 Å². The Morgan fingerprint density at radius 2 is 1.95 bits per heavy atom. The fourth-order valence-corrected chi connectivity index (χ4v) is 3.00. The molecule has 0 spiro atoms. The first-order chi connectivity index (χ1) is 9.62. The summed E-state index contributed by atoms with van der Waals surface area (Å²) in [5, 5.41) is 11.2. The Morgan fingerprint density at radius 1 is 1.38 bits per heavy atom. The van der Waals surface area contributed by atoms with Crippen molar-refractivity contribution in [3.63, 3.8) is 0 Å². The van der Waals surface area contributed by atoms with Crippen molar-refractivity contribution in [1.82, 2.24) is 4.31 Å². The zero-order valence-corrected chi connectivity index (χ0v) is 13.2. The van der Waals surface area contributed by atoms with Crippen LogP contribution >= 0.6 is 0 Å². The molecule has 0 radical (unpaired) electrons. The van der Waals surface area contributed by atoms with Crippen molar-refractivity contribution >= 4 is 21.5 Å². The van der Waals surface area contributed by atoms with Gasteiger partial charge in [0.1, 0.15) is 5.78 Å². The first kappa shape index (κ1) is 17.3. The summed E-state index contributed by atoms with van der Waals surface area (Å²) in [6.07, 6.45) is 0.413. The molecule has 116 valence electrons. The Morgan fingerprint density at radius 3 is 2.33 bits per heavy atom. The third-order valence-corrected chi connectivity index (χ3v) is 5.06. The van der Waals surface area contributed by atoms with E-state index in [9.17, 15) is 23.3 Å². The Balaban J connectivity index is 3.53. The van der Waals surface area contributed by atoms with Gasteiger partial charge in [0.05, 0.1) is 9.82 Å². The van der Waals surface area contributed by atoms with Crippen LogP contribution in [-0.2, 0) is 14.8 Å². The standard InChI is InChI=1S/C13H18N2O5S/c1-5-11(9(2)16)12-7-6-10(8-13(12)15(17)18)21(19,20)14(3)4/h6-8,11H,5H2,1-4H3. The quantitative estimate of drug-likeness (QED) is 0.590. The van der Waals surface area contributed by atoms with Crippen molar-refractivity contribution in [2.75, 3.05) is 14.1 Å². The van der Waals surface area contributed by atoms with Crippen LogP contribution in [0.15, 0.2) is 23.1 Å². The summed E-state index contributed by atoms with van der Waals surface area (Å²) in [6, 6.07) is 3.66. The van der Waals surface area contributed by atoms with Crippen molar-refractivity contribution in [2.24, 2.45) is 0 Å². The second-order valence-electron chi connectivity index (χ2n) is 4.84. The molecule has 0 heterocycles. The second-order valence-corrected chi connectivity index (χ2v) is 6.99. The zero-order valence-electron chi connectivity index (χ0n) is 12.4. The highest BCUT2D eigenvalue weighted by molar-refractivity contribution is 7.89. The fraction of sp³-hybridized carbons (Fsp3) is 0.462. The predicted molar refractivity (Wildman–Crippen MR) is 77.7 cm³/mol. The topological polar surface area (TPSA) is 97.6 Å². The van der Waals surface area contributed by atoms with Crippen molar-refractivity contribution in [2.45, 2.75) is 31.1 Å². The normalized spacial score (nSPS) is 13.2. The Hall–Kier alpha value is -1.80. The number of benzene rings is 1. The average molecular weight is 314 g/mol. The molecule has 8 heteroatoms. The van der Waals surface area contributed by atoms with Crippen molar-refractivity contribution < 1.29 is 18.1 Å². The lowest BCUT2D eigenvalue weighted by atomic mass is 9.92. The van der Waals surface area contributed by atoms with E-state index in [4.69, 9.17) is 0 Å². The number of hydrogen-bond donors (Lipinski definition) is 0. The number of ketones is 1. The van der Waals surface area contributed by atoms with Crippen LogP contribution in [0.3, 0.4) is 0 Å². The number of nitro benzene ring substituents is 1. The van der Waals surface area contributed by atoms with E-state index in [1.807, 2.05) is 0 Å². The minimum atomic E-state index is -3.76. The smallest absolute Gasteiger partial charge is 0.274 e. The van der Waals surface area contributed by atoms with E-state index < -0.39 is 20.9 Å². The van der Waals surface area contributed by atoms with Crippen LogP contribution in [0.1, 0.15) is 31.7 Å². The van der Waals surface area contributed by atoms with Gasteiger partial charge in [-0.15, -0.1) is 0 Å². The van der Waals surface area contributed by atoms with Crippen molar-refractivity contribution in [1.29, 1.82) is 0 Å². The van der Waals surface area contributed by atoms with E-state index in [0.717, 1.165) is 10.4 Å². The van der Waals surface area contributed by atoms with Gasteiger partial charge in [-0.25, -0.2) is 12.7 Å². The average Bonchev–Trinajstić information content (AvgIpc) is 2.38. The van der Waals surface area contributed by atoms with Crippen molar-refractivity contribution in [3.8, 4) is 0 Å². The van der Waals surface area contributed by atoms with Gasteiger partial charge in [-0.1, -0.05) is 13.0 Å². The molecule has 0 aromatic heterocycles. The van der Waals surface area contributed by atoms with E-state index in [-0.39, 0.29) is 21.9 Å². The highest BCUT2D eigenvalue weighted by atomic mass is 32.2. The van der Waals surface area contributed by atoms with E-state index in [0.29, 0.717) is 6.42 Å². The maximum atomic E-state index is 12.0. The van der Waals surface area contributed by atoms with Gasteiger partial charge in [0.15, 0.2) is 0 Å². The molecule has 1 rings (SSSR count). The first-order valence-electron chi connectivity index (χ1n) is 6.34. The molecule has 0 amide bonds. The summed E-state index contributed by atoms with van der Waals surface area (Å²) in [6.45, 7) is 3.11. The van der Waals surface area contributed by atoms with Crippen LogP contribution in [0.2, 0.25) is 0 Å². The van der Waals surface area contributed by atoms with Gasteiger partial charge in [0.25, 0.3) is 5.69 Å². The molecule has 0 aliphatic heterocycles. The van der Waals surface area contributed by atoms with Gasteiger partial charge < -0.3 is 0 Å². The summed E-state index contributed by atoms with van der Waals surface area (Å²) in [5.41, 5.74) is -0.104. The summed E-state index contributed by atoms with van der Waals surface area (Å²) in [5.74, 6) is -0.801. The SMILES string of the molecule is CCC(C(C)=O)c1ccc(S(=O)(=O)N(C)C)cc1[N+](=O)[O-]. The number of sulfonamides is 1. The van der Waals surface area contributed by atoms with Crippen molar-refractivity contribution in [3.05, 3.63) is 33.9 Å². The predicted octanol–water partition coefficient (Wildman–Crippen LogP) is 1.93. The van der Waals surface area contributed by atoms with Crippen LogP contribution in [0.5, 0.6) is 0 Å². The monoisotopic (exact) mass is 314 g/mol. The molecular formula is C13H18N2O5S. The minimum absolute atomic E-state index is 0.165. The summed E-state index contributed by atoms with van der Waals surface area (Å²) in [4.78, 5) is 22.0. The maximum absolute atomic E-state index is 12.0. The summed E-state index contributed by atoms with van der Waals surface area (Å²) in [7, 11) is -1.06. The molecule has 0 saturated heterocycles. The molecule has 0 saturated carbocycles. The molecule has 1 atom stereocenters. The van der Waals surface area contributed by atoms with Crippen LogP contribution in [0.4, 0.5) is 5.69 Å². The van der Waals surface area contributed by atoms with E-state index in [2.05, 4.69) is 0 Å². The summed E-state index contributed by atoms with van der Waals surface area (Å²) >= 11 is 0. The number of nitrogens with zero attached hydrogens (tertiary/aromatic N) is 2. The lowest BCUT2D eigenvalue weighted by Gasteiger charge is -2.15. The van der Waals surface area contributed by atoms with Crippen LogP contribution < -0.4 is 0 Å². The molecule has 1 aromatic rings.